The van der Waals surface area contributed by atoms with Crippen molar-refractivity contribution in [1.29, 1.82) is 0 Å². The zero-order valence-corrected chi connectivity index (χ0v) is 18.7. The van der Waals surface area contributed by atoms with Crippen molar-refractivity contribution in [3.8, 4) is 11.5 Å². The maximum atomic E-state index is 6.46. The molecule has 3 aromatic carbocycles. The van der Waals surface area contributed by atoms with E-state index in [0.717, 1.165) is 11.3 Å². The monoisotopic (exact) mass is 432 g/mol. The number of rotatable bonds is 9. The van der Waals surface area contributed by atoms with Gasteiger partial charge in [0.25, 0.3) is 0 Å². The third kappa shape index (κ3) is 5.15. The Morgan fingerprint density at radius 1 is 0.906 bits per heavy atom. The van der Waals surface area contributed by atoms with Crippen molar-refractivity contribution < 1.29 is 9.47 Å². The second kappa shape index (κ2) is 9.82. The van der Waals surface area contributed by atoms with E-state index in [1.54, 1.807) is 32.4 Å². The third-order valence-electron chi connectivity index (χ3n) is 4.97. The van der Waals surface area contributed by atoms with E-state index >= 15 is 0 Å². The van der Waals surface area contributed by atoms with Crippen molar-refractivity contribution in [2.45, 2.75) is 19.4 Å². The molecule has 3 rings (SSSR count). The lowest BCUT2D eigenvalue weighted by atomic mass is 9.94. The quantitative estimate of drug-likeness (QED) is 0.165. The van der Waals surface area contributed by atoms with E-state index < -0.39 is 0 Å². The van der Waals surface area contributed by atoms with Crippen LogP contribution in [0.15, 0.2) is 76.0 Å². The summed E-state index contributed by atoms with van der Waals surface area (Å²) in [7, 11) is 3.16. The first-order valence-electron chi connectivity index (χ1n) is 10.0. The second-order valence-corrected chi connectivity index (χ2v) is 7.58. The van der Waals surface area contributed by atoms with Crippen LogP contribution in [0.3, 0.4) is 0 Å². The van der Waals surface area contributed by atoms with Crippen LogP contribution >= 0.6 is 0 Å². The molecule has 0 aliphatic heterocycles. The summed E-state index contributed by atoms with van der Waals surface area (Å²) in [6, 6.07) is 19.1. The Labute approximate surface area is 188 Å². The molecule has 0 aliphatic rings. The summed E-state index contributed by atoms with van der Waals surface area (Å²) >= 11 is 0. The van der Waals surface area contributed by atoms with Gasteiger partial charge < -0.3 is 20.5 Å². The van der Waals surface area contributed by atoms with Crippen LogP contribution in [-0.4, -0.2) is 20.9 Å². The Morgan fingerprint density at radius 3 is 2.16 bits per heavy atom. The number of hydrogen-bond donors (Lipinski definition) is 3. The molecular formula is C24H28N6O2. The number of hydrazone groups is 1. The Kier molecular flexibility index (Phi) is 6.94. The largest absolute Gasteiger partial charge is 0.497 e. The molecule has 0 atom stereocenters. The smallest absolute Gasteiger partial charge is 0.124 e. The van der Waals surface area contributed by atoms with Crippen molar-refractivity contribution in [2.75, 3.05) is 30.7 Å². The molecule has 8 heteroatoms. The molecule has 0 radical (unpaired) electrons. The van der Waals surface area contributed by atoms with Crippen molar-refractivity contribution in [2.24, 2.45) is 15.3 Å². The van der Waals surface area contributed by atoms with Gasteiger partial charge >= 0.3 is 0 Å². The number of ether oxygens (including phenoxy) is 2. The number of methoxy groups -OCH3 is 2. The number of benzene rings is 3. The van der Waals surface area contributed by atoms with Crippen LogP contribution in [0.2, 0.25) is 0 Å². The average Bonchev–Trinajstić information content (AvgIpc) is 2.81. The summed E-state index contributed by atoms with van der Waals surface area (Å²) in [4.78, 5) is 0. The second-order valence-electron chi connectivity index (χ2n) is 7.58. The predicted molar refractivity (Wildman–Crippen MR) is 131 cm³/mol. The Balaban J connectivity index is 1.94. The topological polar surface area (TPSA) is 106 Å². The molecule has 8 nitrogen and oxygen atoms in total. The summed E-state index contributed by atoms with van der Waals surface area (Å²) in [6.07, 6.45) is 0. The van der Waals surface area contributed by atoms with Gasteiger partial charge in [-0.05, 0) is 31.5 Å². The van der Waals surface area contributed by atoms with Crippen LogP contribution in [0.1, 0.15) is 19.4 Å². The van der Waals surface area contributed by atoms with E-state index in [2.05, 4.69) is 58.8 Å². The van der Waals surface area contributed by atoms with Crippen LogP contribution in [0, 0.1) is 0 Å². The summed E-state index contributed by atoms with van der Waals surface area (Å²) in [5, 5.41) is 16.0. The minimum Gasteiger partial charge on any atom is -0.497 e. The highest BCUT2D eigenvalue weighted by atomic mass is 16.5. The molecule has 0 spiro atoms. The first-order chi connectivity index (χ1) is 15.4. The van der Waals surface area contributed by atoms with Gasteiger partial charge in [0.15, 0.2) is 0 Å². The van der Waals surface area contributed by atoms with Gasteiger partial charge in [-0.3, -0.25) is 5.43 Å². The zero-order valence-electron chi connectivity index (χ0n) is 18.7. The standard InChI is InChI=1S/C24H28N6O2/c1-24(2,16-9-7-6-8-10-16)27-20-11-12-21(23(22(20)25)30-26-3)29-28-17-13-18(31-4)15-19(14-17)32-5/h6-15,27,30H,3,25H2,1-2,4-5H3/b29-28+. The Morgan fingerprint density at radius 2 is 1.56 bits per heavy atom. The molecule has 0 saturated heterocycles. The molecule has 166 valence electrons. The number of nitrogens with two attached hydrogens (primary N) is 1. The van der Waals surface area contributed by atoms with Gasteiger partial charge in [-0.25, -0.2) is 0 Å². The van der Waals surface area contributed by atoms with Gasteiger partial charge in [-0.2, -0.15) is 10.2 Å². The minimum absolute atomic E-state index is 0.353. The van der Waals surface area contributed by atoms with Crippen molar-refractivity contribution in [3.63, 3.8) is 0 Å². The SMILES string of the molecule is C=NNc1c(/N=N/c2cc(OC)cc(OC)c2)ccc(NC(C)(C)c2ccccc2)c1N. The van der Waals surface area contributed by atoms with E-state index in [0.29, 0.717) is 34.2 Å². The van der Waals surface area contributed by atoms with Gasteiger partial charge in [0.1, 0.15) is 22.9 Å². The molecule has 4 N–H and O–H groups in total. The first-order valence-corrected chi connectivity index (χ1v) is 10.0. The average molecular weight is 433 g/mol. The lowest BCUT2D eigenvalue weighted by molar-refractivity contribution is 0.394. The number of nitrogens with one attached hydrogen (secondary N) is 2. The van der Waals surface area contributed by atoms with Crippen LogP contribution in [0.25, 0.3) is 0 Å². The lowest BCUT2D eigenvalue weighted by Crippen LogP contribution is -2.28. The molecule has 0 bridgehead atoms. The van der Waals surface area contributed by atoms with Gasteiger partial charge in [-0.1, -0.05) is 30.3 Å². The molecule has 0 saturated carbocycles. The summed E-state index contributed by atoms with van der Waals surface area (Å²) in [6.45, 7) is 7.69. The van der Waals surface area contributed by atoms with Crippen molar-refractivity contribution in [3.05, 3.63) is 66.2 Å². The number of anilines is 3. The molecule has 32 heavy (non-hydrogen) atoms. The minimum atomic E-state index is -0.353. The van der Waals surface area contributed by atoms with Crippen LogP contribution in [0.5, 0.6) is 11.5 Å². The van der Waals surface area contributed by atoms with E-state index in [-0.39, 0.29) is 5.54 Å². The number of hydrogen-bond acceptors (Lipinski definition) is 8. The van der Waals surface area contributed by atoms with Crippen LogP contribution in [0.4, 0.5) is 28.4 Å². The third-order valence-corrected chi connectivity index (χ3v) is 4.97. The number of azo groups is 1. The van der Waals surface area contributed by atoms with Gasteiger partial charge in [0.05, 0.1) is 36.8 Å². The van der Waals surface area contributed by atoms with Gasteiger partial charge in [0.2, 0.25) is 0 Å². The van der Waals surface area contributed by atoms with Crippen molar-refractivity contribution in [1.82, 2.24) is 0 Å². The highest BCUT2D eigenvalue weighted by Crippen LogP contribution is 2.40. The Hall–Kier alpha value is -4.07. The molecule has 0 heterocycles. The molecule has 0 unspecified atom stereocenters. The molecule has 0 fully saturated rings. The summed E-state index contributed by atoms with van der Waals surface area (Å²) in [5.41, 5.74) is 12.9. The highest BCUT2D eigenvalue weighted by molar-refractivity contribution is 5.88. The zero-order chi connectivity index (χ0) is 23.1. The Bertz CT molecular complexity index is 1090. The normalized spacial score (nSPS) is 11.2. The van der Waals surface area contributed by atoms with Gasteiger partial charge in [-0.15, -0.1) is 5.11 Å². The number of nitrogen functional groups attached to an aromatic ring is 1. The summed E-state index contributed by atoms with van der Waals surface area (Å²) in [5.74, 6) is 1.23. The van der Waals surface area contributed by atoms with Crippen LogP contribution < -0.4 is 25.9 Å². The van der Waals surface area contributed by atoms with Crippen LogP contribution in [-0.2, 0) is 5.54 Å². The van der Waals surface area contributed by atoms with E-state index in [1.807, 2.05) is 30.3 Å². The first kappa shape index (κ1) is 22.6. The molecule has 0 amide bonds. The lowest BCUT2D eigenvalue weighted by Gasteiger charge is -2.29. The van der Waals surface area contributed by atoms with E-state index in [4.69, 9.17) is 15.2 Å². The molecular weight excluding hydrogens is 404 g/mol. The summed E-state index contributed by atoms with van der Waals surface area (Å²) < 4.78 is 10.6. The maximum absolute atomic E-state index is 6.46. The van der Waals surface area contributed by atoms with Gasteiger partial charge in [0, 0.05) is 24.9 Å². The fourth-order valence-corrected chi connectivity index (χ4v) is 3.22. The fraction of sp³-hybridized carbons (Fsp3) is 0.208. The van der Waals surface area contributed by atoms with E-state index in [1.165, 1.54) is 0 Å². The molecule has 0 aromatic heterocycles. The fourth-order valence-electron chi connectivity index (χ4n) is 3.22. The molecule has 0 aliphatic carbocycles. The molecule has 3 aromatic rings. The predicted octanol–water partition coefficient (Wildman–Crippen LogP) is 6.08. The maximum Gasteiger partial charge on any atom is 0.124 e. The van der Waals surface area contributed by atoms with Crippen molar-refractivity contribution >= 4 is 35.2 Å². The van der Waals surface area contributed by atoms with E-state index in [9.17, 15) is 0 Å². The highest BCUT2D eigenvalue weighted by Gasteiger charge is 2.22. The number of nitrogens with zero attached hydrogens (tertiary/aromatic N) is 3.